The summed E-state index contributed by atoms with van der Waals surface area (Å²) >= 11 is -2.71. The van der Waals surface area contributed by atoms with Gasteiger partial charge in [0.2, 0.25) is 0 Å². The van der Waals surface area contributed by atoms with E-state index >= 15 is 0 Å². The van der Waals surface area contributed by atoms with Crippen LogP contribution < -0.4 is 28.1 Å². The Labute approximate surface area is 266 Å². The second kappa shape index (κ2) is 13.3. The fourth-order valence-corrected chi connectivity index (χ4v) is 14.9. The second-order valence-electron chi connectivity index (χ2n) is 12.0. The van der Waals surface area contributed by atoms with E-state index in [2.05, 4.69) is 143 Å². The zero-order valence-corrected chi connectivity index (χ0v) is 28.4. The topological polar surface area (TPSA) is 0 Å². The summed E-state index contributed by atoms with van der Waals surface area (Å²) in [4.78, 5) is 0. The molecule has 0 spiro atoms. The Hall–Kier alpha value is -2.31. The molecule has 41 heavy (non-hydrogen) atoms. The van der Waals surface area contributed by atoms with Gasteiger partial charge in [-0.05, 0) is 0 Å². The second-order valence-corrected chi connectivity index (χ2v) is 17.8. The summed E-state index contributed by atoms with van der Waals surface area (Å²) in [6.45, 7) is 9.47. The fraction of sp³-hybridized carbons (Fsp3) is 0.237. The molecule has 0 aromatic heterocycles. The summed E-state index contributed by atoms with van der Waals surface area (Å²) < 4.78 is 5.01. The largest absolute Gasteiger partial charge is 1.00 e. The Morgan fingerprint density at radius 1 is 0.732 bits per heavy atom. The van der Waals surface area contributed by atoms with Crippen molar-refractivity contribution in [1.29, 1.82) is 0 Å². The van der Waals surface area contributed by atoms with Crippen LogP contribution in [0.5, 0.6) is 0 Å². The molecule has 2 aliphatic rings. The number of hydrogen-bond acceptors (Lipinski definition) is 0. The fourth-order valence-electron chi connectivity index (χ4n) is 6.39. The molecule has 0 heterocycles. The molecule has 0 N–H and O–H groups in total. The van der Waals surface area contributed by atoms with Crippen molar-refractivity contribution >= 4 is 6.48 Å². The van der Waals surface area contributed by atoms with Crippen molar-refractivity contribution in [2.75, 3.05) is 0 Å². The van der Waals surface area contributed by atoms with Gasteiger partial charge < -0.3 is 24.8 Å². The molecular weight excluding hydrogens is 619 g/mol. The molecule has 2 aliphatic carbocycles. The van der Waals surface area contributed by atoms with Crippen LogP contribution in [-0.4, -0.2) is 3.21 Å². The molecule has 0 amide bonds. The molecule has 3 heteroatoms. The van der Waals surface area contributed by atoms with Crippen LogP contribution in [0.4, 0.5) is 0 Å². The van der Waals surface area contributed by atoms with Gasteiger partial charge in [-0.3, -0.25) is 0 Å². The molecule has 0 aliphatic heterocycles. The van der Waals surface area contributed by atoms with E-state index in [1.165, 1.54) is 46.2 Å². The molecule has 4 aromatic carbocycles. The first-order chi connectivity index (χ1) is 19.0. The Morgan fingerprint density at radius 3 is 1.93 bits per heavy atom. The van der Waals surface area contributed by atoms with Crippen LogP contribution in [0.25, 0.3) is 11.1 Å². The Morgan fingerprint density at radius 2 is 1.32 bits per heavy atom. The minimum absolute atomic E-state index is 0. The number of fused-ring (bicyclic) bond motifs is 3. The summed E-state index contributed by atoms with van der Waals surface area (Å²) in [5, 5.41) is 0. The molecule has 0 saturated carbocycles. The predicted molar refractivity (Wildman–Crippen MR) is 164 cm³/mol. The first-order valence-electron chi connectivity index (χ1n) is 14.5. The predicted octanol–water partition coefficient (Wildman–Crippen LogP) is 3.06. The van der Waals surface area contributed by atoms with Gasteiger partial charge in [0, 0.05) is 0 Å². The van der Waals surface area contributed by atoms with Crippen molar-refractivity contribution in [2.24, 2.45) is 11.3 Å². The van der Waals surface area contributed by atoms with Crippen LogP contribution in [0, 0.1) is 11.3 Å². The third kappa shape index (κ3) is 6.24. The minimum atomic E-state index is -2.71. The molecule has 208 valence electrons. The van der Waals surface area contributed by atoms with E-state index < -0.39 is 21.3 Å². The van der Waals surface area contributed by atoms with Crippen molar-refractivity contribution in [1.82, 2.24) is 0 Å². The van der Waals surface area contributed by atoms with Crippen LogP contribution in [0.15, 0.2) is 124 Å². The first kappa shape index (κ1) is 31.6. The Kier molecular flexibility index (Phi) is 10.3. The number of hydrogen-bond donors (Lipinski definition) is 0. The van der Waals surface area contributed by atoms with Gasteiger partial charge in [0.15, 0.2) is 0 Å². The molecule has 1 atom stereocenters. The van der Waals surface area contributed by atoms with Gasteiger partial charge in [-0.1, -0.05) is 0 Å². The molecule has 6 rings (SSSR count). The zero-order valence-electron chi connectivity index (χ0n) is 24.4. The molecule has 0 radical (unpaired) electrons. The molecule has 0 fully saturated rings. The van der Waals surface area contributed by atoms with Gasteiger partial charge in [-0.15, -0.1) is 0 Å². The van der Waals surface area contributed by atoms with Gasteiger partial charge in [-0.2, -0.15) is 0 Å². The van der Waals surface area contributed by atoms with Crippen molar-refractivity contribution in [2.45, 2.75) is 47.0 Å². The van der Waals surface area contributed by atoms with Crippen molar-refractivity contribution in [3.63, 3.8) is 0 Å². The van der Waals surface area contributed by atoms with Crippen molar-refractivity contribution < 1.29 is 46.1 Å². The molecule has 0 nitrogen and oxygen atoms in total. The van der Waals surface area contributed by atoms with E-state index in [1.54, 1.807) is 15.3 Å². The minimum Gasteiger partial charge on any atom is -1.00 e. The first-order valence-corrected chi connectivity index (χ1v) is 18.1. The third-order valence-electron chi connectivity index (χ3n) is 8.34. The average molecular weight is 657 g/mol. The van der Waals surface area contributed by atoms with E-state index in [4.69, 9.17) is 0 Å². The summed E-state index contributed by atoms with van der Waals surface area (Å²) in [5.74, 6) is 0.528. The van der Waals surface area contributed by atoms with Gasteiger partial charge in [0.1, 0.15) is 0 Å². The molecular formula is C38H38Cl2Zr. The van der Waals surface area contributed by atoms with Crippen LogP contribution in [-0.2, 0) is 27.7 Å². The van der Waals surface area contributed by atoms with Gasteiger partial charge in [-0.25, -0.2) is 0 Å². The monoisotopic (exact) mass is 654 g/mol. The summed E-state index contributed by atoms with van der Waals surface area (Å²) in [6.07, 6.45) is 8.76. The average Bonchev–Trinajstić information content (AvgIpc) is 3.55. The van der Waals surface area contributed by atoms with E-state index in [0.29, 0.717) is 5.92 Å². The van der Waals surface area contributed by atoms with Gasteiger partial charge >= 0.3 is 244 Å². The van der Waals surface area contributed by atoms with Gasteiger partial charge in [0.25, 0.3) is 0 Å². The van der Waals surface area contributed by atoms with Gasteiger partial charge in [0.05, 0.1) is 0 Å². The maximum absolute atomic E-state index is 2.71. The van der Waals surface area contributed by atoms with Crippen molar-refractivity contribution in [3.8, 4) is 11.1 Å². The quantitative estimate of drug-likeness (QED) is 0.264. The maximum atomic E-state index is 2.66. The number of allylic oxidation sites excluding steroid dienone is 4. The van der Waals surface area contributed by atoms with E-state index in [-0.39, 0.29) is 30.2 Å². The number of halogens is 2. The Balaban J connectivity index is 0.00000194. The van der Waals surface area contributed by atoms with Crippen LogP contribution in [0.3, 0.4) is 0 Å². The number of benzene rings is 4. The molecule has 0 saturated heterocycles. The van der Waals surface area contributed by atoms with Crippen molar-refractivity contribution in [3.05, 3.63) is 146 Å². The van der Waals surface area contributed by atoms with Crippen LogP contribution in [0.2, 0.25) is 0 Å². The third-order valence-corrected chi connectivity index (χ3v) is 16.1. The van der Waals surface area contributed by atoms with Crippen LogP contribution >= 0.6 is 0 Å². The summed E-state index contributed by atoms with van der Waals surface area (Å²) in [6, 6.07) is 38.8. The smallest absolute Gasteiger partial charge is 1.00 e. The van der Waals surface area contributed by atoms with Crippen LogP contribution in [0.1, 0.15) is 62.8 Å². The maximum Gasteiger partial charge on any atom is -1.00 e. The number of rotatable bonds is 6. The SMILES string of the molecule is CCCC1C=C(C(C)(C)C)C=[C]1[Zr+2](=[C](c1ccccc1)c1ccccc1)[c]1cccc2c1Cc1ccccc1-2.[Cl-].[Cl-]. The van der Waals surface area contributed by atoms with E-state index in [1.807, 2.05) is 0 Å². The zero-order chi connectivity index (χ0) is 27.0. The molecule has 4 aromatic rings. The molecule has 0 bridgehead atoms. The summed E-state index contributed by atoms with van der Waals surface area (Å²) in [7, 11) is 0. The van der Waals surface area contributed by atoms with E-state index in [0.717, 1.165) is 6.42 Å². The Bertz CT molecular complexity index is 1560. The normalized spacial score (nSPS) is 14.9. The molecule has 1 unspecified atom stereocenters. The summed E-state index contributed by atoms with van der Waals surface area (Å²) in [5.41, 5.74) is 10.4. The van der Waals surface area contributed by atoms with E-state index in [9.17, 15) is 0 Å². The standard InChI is InChI=1S/C13H9.C13H10.C12H19.2ClH.Zr/c1-3-7-12-10(5-1)9-11-6-2-4-8-13(11)12;1-3-7-12(8-4-1)11-13-9-5-2-6-10-13;1-5-6-10-7-8-11(9-10)12(2,3)4;;;/h1-5,7-8H,9H2;1-10H;8-10H,5-6H2,1-4H3;2*1H;/q;;;;;+2/p-2.